The Hall–Kier alpha value is -2.64. The van der Waals surface area contributed by atoms with Gasteiger partial charge in [0.1, 0.15) is 0 Å². The van der Waals surface area contributed by atoms with Crippen molar-refractivity contribution in [3.05, 3.63) is 29.6 Å². The van der Waals surface area contributed by atoms with Gasteiger partial charge in [-0.3, -0.25) is 4.99 Å². The zero-order chi connectivity index (χ0) is 13.3. The maximum absolute atomic E-state index is 9.78. The Morgan fingerprint density at radius 3 is 2.72 bits per heavy atom. The molecule has 2 rings (SSSR count). The molecule has 0 radical (unpaired) electrons. The molecule has 0 aliphatic heterocycles. The third kappa shape index (κ3) is 1.95. The molecule has 0 aromatic carbocycles. The highest BCUT2D eigenvalue weighted by Crippen LogP contribution is 2.16. The van der Waals surface area contributed by atoms with Crippen molar-refractivity contribution in [3.8, 4) is 0 Å². The third-order valence-corrected chi connectivity index (χ3v) is 2.50. The van der Waals surface area contributed by atoms with E-state index >= 15 is 0 Å². The van der Waals surface area contributed by atoms with Gasteiger partial charge < -0.3 is 26.8 Å². The molecule has 18 heavy (non-hydrogen) atoms. The van der Waals surface area contributed by atoms with Gasteiger partial charge >= 0.3 is 0 Å². The number of hydrogen-bond donors (Lipinski definition) is 4. The van der Waals surface area contributed by atoms with Crippen molar-refractivity contribution in [1.29, 1.82) is 0 Å². The highest BCUT2D eigenvalue weighted by atomic mass is 16.5. The lowest BCUT2D eigenvalue weighted by atomic mass is 10.2. The molecule has 8 heteroatoms. The van der Waals surface area contributed by atoms with Crippen LogP contribution in [0.5, 0.6) is 0 Å². The molecule has 0 aliphatic rings. The first-order valence-electron chi connectivity index (χ1n) is 5.19. The van der Waals surface area contributed by atoms with E-state index in [0.717, 1.165) is 5.56 Å². The highest BCUT2D eigenvalue weighted by molar-refractivity contribution is 5.55. The molecule has 0 bridgehead atoms. The van der Waals surface area contributed by atoms with Gasteiger partial charge in [0.25, 0.3) is 0 Å². The van der Waals surface area contributed by atoms with Crippen LogP contribution in [0.4, 0.5) is 17.5 Å². The molecular weight excluding hydrogens is 236 g/mol. The van der Waals surface area contributed by atoms with Gasteiger partial charge in [-0.05, 0) is 13.0 Å². The van der Waals surface area contributed by atoms with Crippen molar-refractivity contribution in [2.75, 3.05) is 17.2 Å². The summed E-state index contributed by atoms with van der Waals surface area (Å²) in [7, 11) is 0. The molecule has 2 heterocycles. The maximum Gasteiger partial charge on any atom is 0.209 e. The molecule has 0 fully saturated rings. The molecule has 96 valence electrons. The summed E-state index contributed by atoms with van der Waals surface area (Å²) in [5.74, 6) is -0.160. The van der Waals surface area contributed by atoms with Crippen LogP contribution in [0.2, 0.25) is 0 Å². The summed E-state index contributed by atoms with van der Waals surface area (Å²) in [6.45, 7) is 1.82. The van der Waals surface area contributed by atoms with Crippen LogP contribution >= 0.6 is 0 Å². The molecular formula is C10H14N6O2. The van der Waals surface area contributed by atoms with Crippen molar-refractivity contribution in [2.45, 2.75) is 13.0 Å². The molecule has 1 atom stereocenters. The first kappa shape index (κ1) is 11.8. The summed E-state index contributed by atoms with van der Waals surface area (Å²) in [6.07, 6.45) is 3.09. The molecule has 0 saturated carbocycles. The zero-order valence-electron chi connectivity index (χ0n) is 9.74. The Bertz CT molecular complexity index is 616. The van der Waals surface area contributed by atoms with Gasteiger partial charge in [-0.2, -0.15) is 0 Å². The standard InChI is InChI=1S/C10H14N6O2/c1-5(6-2-3-18-4-6)14-10-8(12)15-7(11)9(13)16(10)17/h2-5,17H,11,13H2,1H3,(H2,12,15). The number of nitrogen functional groups attached to an aromatic ring is 3. The predicted octanol–water partition coefficient (Wildman–Crippen LogP) is 0.122. The lowest BCUT2D eigenvalue weighted by Crippen LogP contribution is -2.28. The normalized spacial score (nSPS) is 13.7. The van der Waals surface area contributed by atoms with E-state index < -0.39 is 0 Å². The van der Waals surface area contributed by atoms with E-state index in [-0.39, 0.29) is 29.0 Å². The second-order valence-electron chi connectivity index (χ2n) is 3.76. The van der Waals surface area contributed by atoms with E-state index in [2.05, 4.69) is 9.98 Å². The van der Waals surface area contributed by atoms with E-state index in [9.17, 15) is 5.21 Å². The minimum atomic E-state index is -0.269. The molecule has 0 saturated heterocycles. The fourth-order valence-electron chi connectivity index (χ4n) is 1.46. The van der Waals surface area contributed by atoms with Crippen molar-refractivity contribution in [2.24, 2.45) is 4.99 Å². The van der Waals surface area contributed by atoms with Crippen molar-refractivity contribution in [1.82, 2.24) is 9.71 Å². The molecule has 8 nitrogen and oxygen atoms in total. The molecule has 2 aromatic rings. The number of anilines is 3. The Balaban J connectivity index is 2.54. The summed E-state index contributed by atoms with van der Waals surface area (Å²) in [5.41, 5.74) is 17.5. The van der Waals surface area contributed by atoms with Crippen molar-refractivity contribution < 1.29 is 9.62 Å². The van der Waals surface area contributed by atoms with Gasteiger partial charge in [0.15, 0.2) is 17.5 Å². The number of aromatic nitrogens is 2. The number of nitrogens with two attached hydrogens (primary N) is 3. The third-order valence-electron chi connectivity index (χ3n) is 2.50. The second kappa shape index (κ2) is 4.32. The first-order chi connectivity index (χ1) is 8.50. The maximum atomic E-state index is 9.78. The van der Waals surface area contributed by atoms with Gasteiger partial charge in [-0.1, -0.05) is 0 Å². The molecule has 1 unspecified atom stereocenters. The minimum Gasteiger partial charge on any atom is -0.472 e. The van der Waals surface area contributed by atoms with Crippen LogP contribution in [-0.4, -0.2) is 14.9 Å². The van der Waals surface area contributed by atoms with Gasteiger partial charge in [0.05, 0.1) is 18.6 Å². The molecule has 7 N–H and O–H groups in total. The van der Waals surface area contributed by atoms with Crippen molar-refractivity contribution >= 4 is 17.5 Å². The van der Waals surface area contributed by atoms with E-state index in [1.807, 2.05) is 6.92 Å². The number of hydrogen-bond acceptors (Lipinski definition) is 7. The summed E-state index contributed by atoms with van der Waals surface area (Å²) in [6, 6.07) is 1.49. The lowest BCUT2D eigenvalue weighted by Gasteiger charge is -2.09. The second-order valence-corrected chi connectivity index (χ2v) is 3.76. The van der Waals surface area contributed by atoms with Crippen molar-refractivity contribution in [3.63, 3.8) is 0 Å². The van der Waals surface area contributed by atoms with Gasteiger partial charge in [-0.15, -0.1) is 4.73 Å². The molecule has 0 aliphatic carbocycles. The average Bonchev–Trinajstić information content (AvgIpc) is 2.85. The fourth-order valence-corrected chi connectivity index (χ4v) is 1.46. The Labute approximate surface area is 102 Å². The van der Waals surface area contributed by atoms with Crippen LogP contribution in [0.25, 0.3) is 0 Å². The number of rotatable bonds is 2. The average molecular weight is 250 g/mol. The zero-order valence-corrected chi connectivity index (χ0v) is 9.74. The topological polar surface area (TPSA) is 142 Å². The van der Waals surface area contributed by atoms with Gasteiger partial charge in [0, 0.05) is 5.56 Å². The van der Waals surface area contributed by atoms with Gasteiger partial charge in [-0.25, -0.2) is 4.98 Å². The largest absolute Gasteiger partial charge is 0.472 e. The van der Waals surface area contributed by atoms with Crippen LogP contribution in [-0.2, 0) is 0 Å². The van der Waals surface area contributed by atoms with E-state index in [4.69, 9.17) is 21.6 Å². The first-order valence-corrected chi connectivity index (χ1v) is 5.19. The van der Waals surface area contributed by atoms with Crippen LogP contribution < -0.4 is 22.7 Å². The van der Waals surface area contributed by atoms with E-state index in [1.165, 1.54) is 6.26 Å². The van der Waals surface area contributed by atoms with E-state index in [0.29, 0.717) is 4.73 Å². The van der Waals surface area contributed by atoms with E-state index in [1.54, 1.807) is 12.3 Å². The summed E-state index contributed by atoms with van der Waals surface area (Å²) >= 11 is 0. The quantitative estimate of drug-likeness (QED) is 0.558. The number of furan rings is 1. The van der Waals surface area contributed by atoms with Crippen LogP contribution in [0.15, 0.2) is 28.0 Å². The predicted molar refractivity (Wildman–Crippen MR) is 65.3 cm³/mol. The molecule has 0 amide bonds. The Morgan fingerprint density at radius 2 is 2.11 bits per heavy atom. The van der Waals surface area contributed by atoms with Crippen LogP contribution in [0.1, 0.15) is 18.5 Å². The summed E-state index contributed by atoms with van der Waals surface area (Å²) < 4.78 is 5.58. The minimum absolute atomic E-state index is 0.000421. The van der Waals surface area contributed by atoms with Gasteiger partial charge in [0.2, 0.25) is 5.49 Å². The fraction of sp³-hybridized carbons (Fsp3) is 0.200. The SMILES string of the molecule is CC(N=c1c(N)nc(N)c(N)n1O)c1ccoc1. The summed E-state index contributed by atoms with van der Waals surface area (Å²) in [5, 5.41) is 9.78. The van der Waals surface area contributed by atoms with Crippen LogP contribution in [0, 0.1) is 0 Å². The lowest BCUT2D eigenvalue weighted by molar-refractivity contribution is 0.178. The Morgan fingerprint density at radius 1 is 1.39 bits per heavy atom. The van der Waals surface area contributed by atoms with Crippen LogP contribution in [0.3, 0.4) is 0 Å². The molecule has 0 spiro atoms. The highest BCUT2D eigenvalue weighted by Gasteiger charge is 2.10. The Kier molecular flexibility index (Phi) is 2.84. The smallest absolute Gasteiger partial charge is 0.209 e. The number of nitrogens with zero attached hydrogens (tertiary/aromatic N) is 3. The monoisotopic (exact) mass is 250 g/mol. The molecule has 2 aromatic heterocycles. The summed E-state index contributed by atoms with van der Waals surface area (Å²) in [4.78, 5) is 8.03.